The third-order valence-corrected chi connectivity index (χ3v) is 6.02. The Morgan fingerprint density at radius 2 is 1.71 bits per heavy atom. The Hall–Kier alpha value is -1.04. The molecule has 3 nitrogen and oxygen atoms in total. The predicted octanol–water partition coefficient (Wildman–Crippen LogP) is 3.75. The van der Waals surface area contributed by atoms with Gasteiger partial charge in [0.2, 0.25) is 5.91 Å². The van der Waals surface area contributed by atoms with Crippen molar-refractivity contribution in [1.82, 2.24) is 4.90 Å². The molecule has 1 heterocycles. The summed E-state index contributed by atoms with van der Waals surface area (Å²) in [5, 5.41) is 8.91. The van der Waals surface area contributed by atoms with E-state index in [0.29, 0.717) is 5.91 Å². The third-order valence-electron chi connectivity index (χ3n) is 6.02. The summed E-state index contributed by atoms with van der Waals surface area (Å²) in [6, 6.07) is 2.33. The number of carbonyl (C=O) groups excluding carboxylic acids is 1. The number of hydrogen-bond acceptors (Lipinski definition) is 2. The summed E-state index contributed by atoms with van der Waals surface area (Å²) in [6.07, 6.45) is 12.1. The number of fused-ring (bicyclic) bond motifs is 2. The van der Waals surface area contributed by atoms with E-state index >= 15 is 0 Å². The number of hydrogen-bond donors (Lipinski definition) is 0. The number of carbonyl (C=O) groups is 1. The fourth-order valence-corrected chi connectivity index (χ4v) is 4.85. The van der Waals surface area contributed by atoms with Gasteiger partial charge < -0.3 is 4.90 Å². The molecular weight excluding hydrogens is 260 g/mol. The molecule has 0 radical (unpaired) electrons. The highest BCUT2D eigenvalue weighted by Gasteiger charge is 2.32. The van der Waals surface area contributed by atoms with Crippen LogP contribution < -0.4 is 0 Å². The summed E-state index contributed by atoms with van der Waals surface area (Å²) in [4.78, 5) is 14.3. The smallest absolute Gasteiger partial charge is 0.222 e. The zero-order chi connectivity index (χ0) is 14.7. The van der Waals surface area contributed by atoms with E-state index in [0.717, 1.165) is 56.5 Å². The van der Waals surface area contributed by atoms with Crippen molar-refractivity contribution < 1.29 is 4.79 Å². The molecule has 0 aromatic carbocycles. The molecule has 0 aromatic rings. The molecule has 116 valence electrons. The fraction of sp³-hybridized carbons (Fsp3) is 0.889. The first kappa shape index (κ1) is 14.9. The molecule has 0 N–H and O–H groups in total. The summed E-state index contributed by atoms with van der Waals surface area (Å²) in [6.45, 7) is 1.60. The van der Waals surface area contributed by atoms with Crippen molar-refractivity contribution >= 4 is 5.91 Å². The topological polar surface area (TPSA) is 44.1 Å². The molecule has 2 saturated carbocycles. The molecule has 2 unspecified atom stereocenters. The lowest BCUT2D eigenvalue weighted by Gasteiger charge is -2.39. The molecule has 2 aliphatic carbocycles. The molecule has 3 aliphatic rings. The maximum atomic E-state index is 12.3. The maximum absolute atomic E-state index is 12.3. The second-order valence-electron chi connectivity index (χ2n) is 7.56. The molecule has 0 spiro atoms. The van der Waals surface area contributed by atoms with E-state index in [1.54, 1.807) is 0 Å². The summed E-state index contributed by atoms with van der Waals surface area (Å²) in [7, 11) is 0. The second-order valence-corrected chi connectivity index (χ2v) is 7.56. The molecule has 3 rings (SSSR count). The van der Waals surface area contributed by atoms with Crippen molar-refractivity contribution in [2.24, 2.45) is 23.7 Å². The molecular formula is C18H28N2O. The lowest BCUT2D eigenvalue weighted by Crippen LogP contribution is -2.38. The normalized spacial score (nSPS) is 33.5. The molecule has 3 heteroatoms. The van der Waals surface area contributed by atoms with Gasteiger partial charge in [0, 0.05) is 25.4 Å². The first-order valence-corrected chi connectivity index (χ1v) is 8.92. The van der Waals surface area contributed by atoms with E-state index in [1.165, 1.54) is 38.5 Å². The Morgan fingerprint density at radius 1 is 1.05 bits per heavy atom. The molecule has 1 saturated heterocycles. The highest BCUT2D eigenvalue weighted by molar-refractivity contribution is 5.76. The van der Waals surface area contributed by atoms with E-state index in [9.17, 15) is 4.79 Å². The van der Waals surface area contributed by atoms with Crippen LogP contribution in [0.3, 0.4) is 0 Å². The van der Waals surface area contributed by atoms with Gasteiger partial charge in [-0.1, -0.05) is 19.3 Å². The van der Waals surface area contributed by atoms with E-state index in [4.69, 9.17) is 5.26 Å². The van der Waals surface area contributed by atoms with Crippen LogP contribution in [0.1, 0.15) is 64.2 Å². The highest BCUT2D eigenvalue weighted by Crippen LogP contribution is 2.43. The summed E-state index contributed by atoms with van der Waals surface area (Å²) in [5.41, 5.74) is 0. The lowest BCUT2D eigenvalue weighted by molar-refractivity contribution is -0.132. The van der Waals surface area contributed by atoms with Crippen molar-refractivity contribution in [3.8, 4) is 6.07 Å². The van der Waals surface area contributed by atoms with Crippen molar-refractivity contribution in [1.29, 1.82) is 5.26 Å². The average molecular weight is 288 g/mol. The van der Waals surface area contributed by atoms with Gasteiger partial charge >= 0.3 is 0 Å². The Morgan fingerprint density at radius 3 is 2.33 bits per heavy atom. The first-order valence-electron chi connectivity index (χ1n) is 8.92. The third kappa shape index (κ3) is 3.78. The molecule has 0 aromatic heterocycles. The van der Waals surface area contributed by atoms with Gasteiger partial charge in [0.15, 0.2) is 0 Å². The number of piperidine rings is 1. The standard InChI is InChI=1S/C18H28N2O/c19-13-14-6-8-20(9-7-14)18(21)5-4-17-11-15-2-1-3-16(10-15)12-17/h14-17H,1-12H2. The second kappa shape index (κ2) is 6.81. The minimum atomic E-state index is 0.173. The van der Waals surface area contributed by atoms with Crippen LogP contribution in [0.4, 0.5) is 0 Å². The van der Waals surface area contributed by atoms with Crippen LogP contribution in [0.15, 0.2) is 0 Å². The van der Waals surface area contributed by atoms with Crippen LogP contribution in [0.5, 0.6) is 0 Å². The van der Waals surface area contributed by atoms with E-state index in [2.05, 4.69) is 6.07 Å². The van der Waals surface area contributed by atoms with Gasteiger partial charge in [-0.3, -0.25) is 4.79 Å². The van der Waals surface area contributed by atoms with Crippen molar-refractivity contribution in [3.63, 3.8) is 0 Å². The number of nitrogens with zero attached hydrogens (tertiary/aromatic N) is 2. The summed E-state index contributed by atoms with van der Waals surface area (Å²) >= 11 is 0. The predicted molar refractivity (Wildman–Crippen MR) is 82.3 cm³/mol. The van der Waals surface area contributed by atoms with Crippen LogP contribution in [0.2, 0.25) is 0 Å². The van der Waals surface area contributed by atoms with Gasteiger partial charge in [0.1, 0.15) is 0 Å². The number of rotatable bonds is 3. The molecule has 2 bridgehead atoms. The minimum absolute atomic E-state index is 0.173. The number of amides is 1. The number of likely N-dealkylation sites (tertiary alicyclic amines) is 1. The van der Waals surface area contributed by atoms with Gasteiger partial charge in [-0.05, 0) is 56.3 Å². The van der Waals surface area contributed by atoms with Crippen molar-refractivity contribution in [2.75, 3.05) is 13.1 Å². The van der Waals surface area contributed by atoms with Crippen molar-refractivity contribution in [3.05, 3.63) is 0 Å². The zero-order valence-corrected chi connectivity index (χ0v) is 13.1. The Balaban J connectivity index is 1.41. The largest absolute Gasteiger partial charge is 0.343 e. The van der Waals surface area contributed by atoms with Gasteiger partial charge in [0.25, 0.3) is 0 Å². The molecule has 1 aliphatic heterocycles. The van der Waals surface area contributed by atoms with E-state index < -0.39 is 0 Å². The average Bonchev–Trinajstić information content (AvgIpc) is 2.52. The van der Waals surface area contributed by atoms with Crippen LogP contribution in [-0.4, -0.2) is 23.9 Å². The Bertz CT molecular complexity index is 394. The van der Waals surface area contributed by atoms with Gasteiger partial charge in [0.05, 0.1) is 6.07 Å². The van der Waals surface area contributed by atoms with Crippen LogP contribution in [-0.2, 0) is 4.79 Å². The summed E-state index contributed by atoms with van der Waals surface area (Å²) < 4.78 is 0. The Labute approximate surface area is 128 Å². The Kier molecular flexibility index (Phi) is 4.83. The highest BCUT2D eigenvalue weighted by atomic mass is 16.2. The maximum Gasteiger partial charge on any atom is 0.222 e. The van der Waals surface area contributed by atoms with E-state index in [1.807, 2.05) is 4.90 Å². The monoisotopic (exact) mass is 288 g/mol. The summed E-state index contributed by atoms with van der Waals surface area (Å²) in [5.74, 6) is 3.23. The molecule has 1 amide bonds. The quantitative estimate of drug-likeness (QED) is 0.794. The van der Waals surface area contributed by atoms with E-state index in [-0.39, 0.29) is 5.92 Å². The lowest BCUT2D eigenvalue weighted by atomic mass is 9.67. The van der Waals surface area contributed by atoms with Gasteiger partial charge in [-0.15, -0.1) is 0 Å². The van der Waals surface area contributed by atoms with Gasteiger partial charge in [-0.2, -0.15) is 5.26 Å². The fourth-order valence-electron chi connectivity index (χ4n) is 4.85. The molecule has 21 heavy (non-hydrogen) atoms. The van der Waals surface area contributed by atoms with Gasteiger partial charge in [-0.25, -0.2) is 0 Å². The van der Waals surface area contributed by atoms with Crippen LogP contribution >= 0.6 is 0 Å². The van der Waals surface area contributed by atoms with Crippen LogP contribution in [0.25, 0.3) is 0 Å². The van der Waals surface area contributed by atoms with Crippen LogP contribution in [0, 0.1) is 35.0 Å². The SMILES string of the molecule is N#CC1CCN(C(=O)CCC2CC3CCCC(C3)C2)CC1. The number of nitriles is 1. The zero-order valence-electron chi connectivity index (χ0n) is 13.1. The molecule has 3 fully saturated rings. The minimum Gasteiger partial charge on any atom is -0.343 e. The first-order chi connectivity index (χ1) is 10.2. The molecule has 2 atom stereocenters. The van der Waals surface area contributed by atoms with Crippen molar-refractivity contribution in [2.45, 2.75) is 64.2 Å².